The monoisotopic (exact) mass is 208 g/mol. The summed E-state index contributed by atoms with van der Waals surface area (Å²) in [6, 6.07) is 0. The first-order valence-corrected chi connectivity index (χ1v) is 6.08. The second-order valence-corrected chi connectivity index (χ2v) is 4.93. The van der Waals surface area contributed by atoms with E-state index in [2.05, 4.69) is 0 Å². The number of carboxylic acids is 1. The van der Waals surface area contributed by atoms with Gasteiger partial charge in [0.05, 0.1) is 5.92 Å². The maximum absolute atomic E-state index is 10.3. The molecule has 1 N–H and O–H groups in total. The highest BCUT2D eigenvalue weighted by Gasteiger charge is 2.09. The Morgan fingerprint density at radius 3 is 2.75 bits per heavy atom. The van der Waals surface area contributed by atoms with Crippen LogP contribution in [0.2, 0.25) is 0 Å². The van der Waals surface area contributed by atoms with Gasteiger partial charge in [0, 0.05) is 17.9 Å². The molecule has 0 aromatic heterocycles. The Morgan fingerprint density at radius 1 is 1.58 bits per heavy atom. The van der Waals surface area contributed by atoms with E-state index in [0.29, 0.717) is 12.2 Å². The van der Waals surface area contributed by atoms with Gasteiger partial charge < -0.3 is 9.90 Å². The van der Waals surface area contributed by atoms with Crippen LogP contribution in [0.5, 0.6) is 0 Å². The minimum Gasteiger partial charge on any atom is -0.481 e. The van der Waals surface area contributed by atoms with E-state index in [1.807, 2.05) is 0 Å². The number of carboxylic acid groups (broad SMARTS) is 1. The summed E-state index contributed by atoms with van der Waals surface area (Å²) in [6.07, 6.45) is 1.41. The second-order valence-electron chi connectivity index (χ2n) is 2.30. The van der Waals surface area contributed by atoms with Crippen molar-refractivity contribution in [2.75, 3.05) is 11.5 Å². The summed E-state index contributed by atoms with van der Waals surface area (Å²) in [4.78, 5) is 20.2. The number of aldehydes is 1. The van der Waals surface area contributed by atoms with Gasteiger partial charge in [0.25, 0.3) is 0 Å². The third kappa shape index (κ3) is 6.54. The van der Waals surface area contributed by atoms with Crippen molar-refractivity contribution in [1.29, 1.82) is 0 Å². The van der Waals surface area contributed by atoms with E-state index in [1.165, 1.54) is 10.8 Å². The molecule has 0 bridgehead atoms. The minimum absolute atomic E-state index is 0.307. The highest BCUT2D eigenvalue weighted by molar-refractivity contribution is 8.76. The molecule has 0 aliphatic heterocycles. The fourth-order valence-corrected chi connectivity index (χ4v) is 2.67. The van der Waals surface area contributed by atoms with Gasteiger partial charge in [-0.3, -0.25) is 4.79 Å². The normalized spacial score (nSPS) is 12.4. The Kier molecular flexibility index (Phi) is 7.39. The lowest BCUT2D eigenvalue weighted by Gasteiger charge is -2.03. The van der Waals surface area contributed by atoms with Crippen LogP contribution in [0.4, 0.5) is 0 Å². The molecule has 0 radical (unpaired) electrons. The number of hydrogen-bond acceptors (Lipinski definition) is 4. The summed E-state index contributed by atoms with van der Waals surface area (Å²) in [5, 5.41) is 8.51. The van der Waals surface area contributed by atoms with Crippen molar-refractivity contribution >= 4 is 33.8 Å². The van der Waals surface area contributed by atoms with Gasteiger partial charge in [0.1, 0.15) is 6.29 Å². The fourth-order valence-electron chi connectivity index (χ4n) is 0.377. The number of carbonyl (C=O) groups excluding carboxylic acids is 1. The Morgan fingerprint density at radius 2 is 2.25 bits per heavy atom. The molecule has 0 heterocycles. The van der Waals surface area contributed by atoms with Crippen molar-refractivity contribution < 1.29 is 14.7 Å². The summed E-state index contributed by atoms with van der Waals surface area (Å²) in [6.45, 7) is 1.68. The second kappa shape index (κ2) is 7.49. The van der Waals surface area contributed by atoms with Crippen LogP contribution in [0.15, 0.2) is 0 Å². The molecule has 0 aliphatic carbocycles. The number of carbonyl (C=O) groups is 2. The summed E-state index contributed by atoms with van der Waals surface area (Å²) < 4.78 is 0. The predicted molar refractivity (Wildman–Crippen MR) is 52.4 cm³/mol. The Bertz CT molecular complexity index is 150. The SMILES string of the molecule is C[C@H](CSSCCC=O)C(=O)O. The first-order valence-electron chi connectivity index (χ1n) is 3.59. The van der Waals surface area contributed by atoms with Crippen LogP contribution >= 0.6 is 21.6 Å². The van der Waals surface area contributed by atoms with Crippen LogP contribution in [-0.4, -0.2) is 28.9 Å². The molecule has 0 saturated heterocycles. The number of rotatable bonds is 7. The van der Waals surface area contributed by atoms with Crippen LogP contribution in [0.3, 0.4) is 0 Å². The Balaban J connectivity index is 3.19. The molecule has 0 aromatic carbocycles. The van der Waals surface area contributed by atoms with Crippen molar-refractivity contribution in [1.82, 2.24) is 0 Å². The number of hydrogen-bond donors (Lipinski definition) is 1. The van der Waals surface area contributed by atoms with Gasteiger partial charge in [-0.25, -0.2) is 0 Å². The van der Waals surface area contributed by atoms with E-state index < -0.39 is 5.97 Å². The van der Waals surface area contributed by atoms with Gasteiger partial charge in [0.15, 0.2) is 0 Å². The zero-order chi connectivity index (χ0) is 9.40. The number of aliphatic carboxylic acids is 1. The Labute approximate surface area is 79.7 Å². The maximum atomic E-state index is 10.3. The molecule has 0 rings (SSSR count). The molecule has 5 heteroatoms. The van der Waals surface area contributed by atoms with Gasteiger partial charge >= 0.3 is 5.97 Å². The van der Waals surface area contributed by atoms with Crippen molar-refractivity contribution in [2.45, 2.75) is 13.3 Å². The molecule has 0 aliphatic rings. The standard InChI is InChI=1S/C7H12O3S2/c1-6(7(9)10)5-12-11-4-2-3-8/h3,6H,2,4-5H2,1H3,(H,9,10)/t6-/m1/s1. The van der Waals surface area contributed by atoms with Crippen LogP contribution in [-0.2, 0) is 9.59 Å². The van der Waals surface area contributed by atoms with Crippen LogP contribution in [0.1, 0.15) is 13.3 Å². The summed E-state index contributed by atoms with van der Waals surface area (Å²) in [5.41, 5.74) is 0. The molecule has 70 valence electrons. The topological polar surface area (TPSA) is 54.4 Å². The molecule has 3 nitrogen and oxygen atoms in total. The molecule has 0 aromatic rings. The lowest BCUT2D eigenvalue weighted by Crippen LogP contribution is -2.11. The fraction of sp³-hybridized carbons (Fsp3) is 0.714. The lowest BCUT2D eigenvalue weighted by molar-refractivity contribution is -0.140. The van der Waals surface area contributed by atoms with Crippen molar-refractivity contribution in [2.24, 2.45) is 5.92 Å². The molecule has 0 saturated carbocycles. The van der Waals surface area contributed by atoms with Gasteiger partial charge in [-0.1, -0.05) is 28.5 Å². The molecule has 0 fully saturated rings. The van der Waals surface area contributed by atoms with Crippen LogP contribution in [0.25, 0.3) is 0 Å². The smallest absolute Gasteiger partial charge is 0.307 e. The highest BCUT2D eigenvalue weighted by Crippen LogP contribution is 2.24. The highest BCUT2D eigenvalue weighted by atomic mass is 33.1. The molecule has 0 amide bonds. The molecular weight excluding hydrogens is 196 g/mol. The van der Waals surface area contributed by atoms with Gasteiger partial charge in [-0.05, 0) is 0 Å². The zero-order valence-electron chi connectivity index (χ0n) is 6.86. The average Bonchev–Trinajstić information content (AvgIpc) is 2.03. The zero-order valence-corrected chi connectivity index (χ0v) is 8.49. The molecule has 0 unspecified atom stereocenters. The molecular formula is C7H12O3S2. The van der Waals surface area contributed by atoms with E-state index in [9.17, 15) is 9.59 Å². The van der Waals surface area contributed by atoms with Gasteiger partial charge in [-0.15, -0.1) is 0 Å². The molecule has 1 atom stereocenters. The van der Waals surface area contributed by atoms with E-state index in [-0.39, 0.29) is 5.92 Å². The van der Waals surface area contributed by atoms with Gasteiger partial charge in [0.2, 0.25) is 0 Å². The summed E-state index contributed by atoms with van der Waals surface area (Å²) >= 11 is 0. The van der Waals surface area contributed by atoms with E-state index in [4.69, 9.17) is 5.11 Å². The molecule has 0 spiro atoms. The van der Waals surface area contributed by atoms with Crippen molar-refractivity contribution in [3.05, 3.63) is 0 Å². The third-order valence-electron chi connectivity index (χ3n) is 1.14. The minimum atomic E-state index is -0.765. The van der Waals surface area contributed by atoms with Crippen molar-refractivity contribution in [3.8, 4) is 0 Å². The quantitative estimate of drug-likeness (QED) is 0.392. The summed E-state index contributed by atoms with van der Waals surface area (Å²) in [7, 11) is 3.05. The first-order chi connectivity index (χ1) is 5.68. The van der Waals surface area contributed by atoms with E-state index in [1.54, 1.807) is 17.7 Å². The third-order valence-corrected chi connectivity index (χ3v) is 3.76. The van der Waals surface area contributed by atoms with Crippen LogP contribution < -0.4 is 0 Å². The first kappa shape index (κ1) is 11.8. The lowest BCUT2D eigenvalue weighted by atomic mass is 10.2. The predicted octanol–water partition coefficient (Wildman–Crippen LogP) is 1.68. The summed E-state index contributed by atoms with van der Waals surface area (Å²) in [5.74, 6) is 0.288. The Hall–Kier alpha value is -0.160. The van der Waals surface area contributed by atoms with Gasteiger partial charge in [-0.2, -0.15) is 0 Å². The maximum Gasteiger partial charge on any atom is 0.307 e. The van der Waals surface area contributed by atoms with E-state index >= 15 is 0 Å². The van der Waals surface area contributed by atoms with Crippen LogP contribution in [0, 0.1) is 5.92 Å². The average molecular weight is 208 g/mol. The van der Waals surface area contributed by atoms with E-state index in [0.717, 1.165) is 12.0 Å². The van der Waals surface area contributed by atoms with Crippen molar-refractivity contribution in [3.63, 3.8) is 0 Å². The largest absolute Gasteiger partial charge is 0.481 e. The molecule has 12 heavy (non-hydrogen) atoms.